The van der Waals surface area contributed by atoms with Gasteiger partial charge >= 0.3 is 5.97 Å². The van der Waals surface area contributed by atoms with Crippen LogP contribution in [0.15, 0.2) is 85.1 Å². The van der Waals surface area contributed by atoms with Crippen molar-refractivity contribution in [2.24, 2.45) is 5.92 Å². The molecule has 202 valence electrons. The summed E-state index contributed by atoms with van der Waals surface area (Å²) in [5, 5.41) is 0. The molecule has 0 aromatic heterocycles. The third kappa shape index (κ3) is 10.2. The lowest BCUT2D eigenvalue weighted by Gasteiger charge is -2.09. The van der Waals surface area contributed by atoms with Crippen LogP contribution in [0, 0.1) is 5.92 Å². The number of carbonyl (C=O) groups is 1. The van der Waals surface area contributed by atoms with E-state index in [1.165, 1.54) is 56.9 Å². The molecule has 0 aliphatic rings. The number of carbonyl (C=O) groups excluding carboxylic acids is 1. The average molecular weight is 513 g/mol. The number of ether oxygens (including phenoxy) is 2. The standard InChI is InChI=1S/C35H44O3/c1-4-6-7-8-9-10-11-12-27-37-33-23-25-34(26-24-33)38-35(36)32-21-19-31(20-22-32)30-17-15-29(16-18-30)14-13-28(3)5-2/h12,15-28H,4-11,13-14H2,1-3H3/t28-/m0/s1. The lowest BCUT2D eigenvalue weighted by molar-refractivity contribution is 0.0734. The highest BCUT2D eigenvalue weighted by molar-refractivity contribution is 5.91. The molecule has 3 aromatic rings. The Morgan fingerprint density at radius 2 is 1.37 bits per heavy atom. The Morgan fingerprint density at radius 1 is 0.763 bits per heavy atom. The molecule has 0 unspecified atom stereocenters. The van der Waals surface area contributed by atoms with Gasteiger partial charge in [-0.3, -0.25) is 0 Å². The first-order chi connectivity index (χ1) is 18.6. The van der Waals surface area contributed by atoms with Crippen molar-refractivity contribution in [3.05, 3.63) is 96.3 Å². The monoisotopic (exact) mass is 512 g/mol. The van der Waals surface area contributed by atoms with E-state index in [9.17, 15) is 4.79 Å². The molecule has 0 N–H and O–H groups in total. The highest BCUT2D eigenvalue weighted by atomic mass is 16.5. The molecule has 3 nitrogen and oxygen atoms in total. The van der Waals surface area contributed by atoms with Crippen LogP contribution in [0.1, 0.15) is 94.5 Å². The SMILES string of the molecule is CCCCCCCCC=COc1ccc(OC(=O)c2ccc(-c3ccc(CC[C@@H](C)CC)cc3)cc2)cc1. The molecule has 0 amide bonds. The molecule has 3 heteroatoms. The molecular formula is C35H44O3. The normalized spacial score (nSPS) is 12.0. The Morgan fingerprint density at radius 3 is 2.03 bits per heavy atom. The van der Waals surface area contributed by atoms with Gasteiger partial charge in [-0.2, -0.15) is 0 Å². The van der Waals surface area contributed by atoms with Gasteiger partial charge in [0.1, 0.15) is 11.5 Å². The minimum absolute atomic E-state index is 0.371. The number of hydrogen-bond donors (Lipinski definition) is 0. The molecule has 3 aromatic carbocycles. The van der Waals surface area contributed by atoms with Crippen LogP contribution in [0.2, 0.25) is 0 Å². The summed E-state index contributed by atoms with van der Waals surface area (Å²) in [5.41, 5.74) is 4.13. The number of rotatable bonds is 16. The van der Waals surface area contributed by atoms with Crippen LogP contribution in [-0.2, 0) is 6.42 Å². The van der Waals surface area contributed by atoms with E-state index < -0.39 is 0 Å². The zero-order valence-electron chi connectivity index (χ0n) is 23.5. The van der Waals surface area contributed by atoms with Crippen molar-refractivity contribution in [3.8, 4) is 22.6 Å². The largest absolute Gasteiger partial charge is 0.465 e. The van der Waals surface area contributed by atoms with E-state index >= 15 is 0 Å². The quantitative estimate of drug-likeness (QED) is 0.0829. The maximum Gasteiger partial charge on any atom is 0.343 e. The molecule has 3 rings (SSSR count). The van der Waals surface area contributed by atoms with Crippen LogP contribution < -0.4 is 9.47 Å². The smallest absolute Gasteiger partial charge is 0.343 e. The second-order valence-electron chi connectivity index (χ2n) is 10.2. The topological polar surface area (TPSA) is 35.5 Å². The van der Waals surface area contributed by atoms with Gasteiger partial charge in [-0.1, -0.05) is 95.7 Å². The van der Waals surface area contributed by atoms with Gasteiger partial charge in [0.2, 0.25) is 0 Å². The Kier molecular flexibility index (Phi) is 12.7. The van der Waals surface area contributed by atoms with Crippen molar-refractivity contribution in [1.82, 2.24) is 0 Å². The second-order valence-corrected chi connectivity index (χ2v) is 10.2. The number of hydrogen-bond acceptors (Lipinski definition) is 3. The molecule has 0 saturated carbocycles. The first kappa shape index (κ1) is 29.2. The fourth-order valence-electron chi connectivity index (χ4n) is 4.27. The van der Waals surface area contributed by atoms with E-state index in [1.54, 1.807) is 18.4 Å². The maximum absolute atomic E-state index is 12.6. The van der Waals surface area contributed by atoms with Gasteiger partial charge in [0.15, 0.2) is 0 Å². The van der Waals surface area contributed by atoms with Crippen LogP contribution in [-0.4, -0.2) is 5.97 Å². The minimum atomic E-state index is -0.371. The van der Waals surface area contributed by atoms with Crippen molar-refractivity contribution in [2.45, 2.75) is 85.0 Å². The molecule has 0 radical (unpaired) electrons. The van der Waals surface area contributed by atoms with Gasteiger partial charge in [0, 0.05) is 0 Å². The van der Waals surface area contributed by atoms with E-state index in [0.29, 0.717) is 11.3 Å². The molecular weight excluding hydrogens is 468 g/mol. The average Bonchev–Trinajstić information content (AvgIpc) is 2.96. The van der Waals surface area contributed by atoms with Gasteiger partial charge < -0.3 is 9.47 Å². The van der Waals surface area contributed by atoms with Gasteiger partial charge in [-0.05, 0) is 90.8 Å². The summed E-state index contributed by atoms with van der Waals surface area (Å²) in [7, 11) is 0. The third-order valence-electron chi connectivity index (χ3n) is 7.09. The molecule has 38 heavy (non-hydrogen) atoms. The van der Waals surface area contributed by atoms with Crippen molar-refractivity contribution in [3.63, 3.8) is 0 Å². The summed E-state index contributed by atoms with van der Waals surface area (Å²) in [6, 6.07) is 23.5. The second kappa shape index (κ2) is 16.5. The fourth-order valence-corrected chi connectivity index (χ4v) is 4.27. The summed E-state index contributed by atoms with van der Waals surface area (Å²) in [4.78, 5) is 12.6. The summed E-state index contributed by atoms with van der Waals surface area (Å²) in [5.74, 6) is 1.61. The van der Waals surface area contributed by atoms with Crippen LogP contribution >= 0.6 is 0 Å². The lowest BCUT2D eigenvalue weighted by atomic mass is 9.97. The minimum Gasteiger partial charge on any atom is -0.465 e. The van der Waals surface area contributed by atoms with Crippen molar-refractivity contribution >= 4 is 5.97 Å². The molecule has 0 spiro atoms. The van der Waals surface area contributed by atoms with E-state index in [-0.39, 0.29) is 5.97 Å². The molecule has 0 aliphatic heterocycles. The van der Waals surface area contributed by atoms with Crippen molar-refractivity contribution < 1.29 is 14.3 Å². The first-order valence-electron chi connectivity index (χ1n) is 14.4. The number of benzene rings is 3. The summed E-state index contributed by atoms with van der Waals surface area (Å²) < 4.78 is 11.2. The van der Waals surface area contributed by atoms with E-state index in [1.807, 2.05) is 36.4 Å². The Bertz CT molecular complexity index is 1100. The Balaban J connectivity index is 1.43. The van der Waals surface area contributed by atoms with E-state index in [4.69, 9.17) is 9.47 Å². The van der Waals surface area contributed by atoms with E-state index in [2.05, 4.69) is 51.1 Å². The molecule has 1 atom stereocenters. The van der Waals surface area contributed by atoms with Crippen LogP contribution in [0.3, 0.4) is 0 Å². The Hall–Kier alpha value is -3.33. The van der Waals surface area contributed by atoms with Gasteiger partial charge in [0.25, 0.3) is 0 Å². The van der Waals surface area contributed by atoms with Gasteiger partial charge in [-0.25, -0.2) is 4.79 Å². The fraction of sp³-hybridized carbons (Fsp3) is 0.400. The number of allylic oxidation sites excluding steroid dienone is 1. The molecule has 0 fully saturated rings. The van der Waals surface area contributed by atoms with Crippen LogP contribution in [0.4, 0.5) is 0 Å². The summed E-state index contributed by atoms with van der Waals surface area (Å²) in [6.07, 6.45) is 16.2. The zero-order valence-corrected chi connectivity index (χ0v) is 23.5. The number of unbranched alkanes of at least 4 members (excludes halogenated alkanes) is 6. The zero-order chi connectivity index (χ0) is 27.0. The summed E-state index contributed by atoms with van der Waals surface area (Å²) in [6.45, 7) is 6.79. The number of aryl methyl sites for hydroxylation is 1. The molecule has 0 bridgehead atoms. The first-order valence-corrected chi connectivity index (χ1v) is 14.4. The highest BCUT2D eigenvalue weighted by Crippen LogP contribution is 2.23. The van der Waals surface area contributed by atoms with Crippen LogP contribution in [0.5, 0.6) is 11.5 Å². The third-order valence-corrected chi connectivity index (χ3v) is 7.09. The van der Waals surface area contributed by atoms with E-state index in [0.717, 1.165) is 35.6 Å². The van der Waals surface area contributed by atoms with Gasteiger partial charge in [0.05, 0.1) is 11.8 Å². The lowest BCUT2D eigenvalue weighted by Crippen LogP contribution is -2.08. The van der Waals surface area contributed by atoms with Gasteiger partial charge in [-0.15, -0.1) is 0 Å². The molecule has 0 aliphatic carbocycles. The predicted octanol–water partition coefficient (Wildman–Crippen LogP) is 10.2. The van der Waals surface area contributed by atoms with Crippen LogP contribution in [0.25, 0.3) is 11.1 Å². The molecule has 0 saturated heterocycles. The summed E-state index contributed by atoms with van der Waals surface area (Å²) >= 11 is 0. The Labute approximate surface area is 229 Å². The maximum atomic E-state index is 12.6. The molecule has 0 heterocycles. The van der Waals surface area contributed by atoms with Crippen molar-refractivity contribution in [1.29, 1.82) is 0 Å². The predicted molar refractivity (Wildman–Crippen MR) is 159 cm³/mol. The highest BCUT2D eigenvalue weighted by Gasteiger charge is 2.09. The van der Waals surface area contributed by atoms with Crippen molar-refractivity contribution in [2.75, 3.05) is 0 Å². The number of esters is 1.